The molecule has 6 rings (SSSR count). The van der Waals surface area contributed by atoms with Crippen LogP contribution in [0.25, 0.3) is 21.1 Å². The number of piperazine rings is 1. The quantitative estimate of drug-likeness (QED) is 0.518. The highest BCUT2D eigenvalue weighted by molar-refractivity contribution is 7.21. The normalized spacial score (nSPS) is 20.8. The van der Waals surface area contributed by atoms with Crippen LogP contribution in [0.3, 0.4) is 0 Å². The van der Waals surface area contributed by atoms with Gasteiger partial charge in [-0.15, -0.1) is 11.3 Å². The fourth-order valence-electron chi connectivity index (χ4n) is 4.44. The van der Waals surface area contributed by atoms with Gasteiger partial charge in [-0.1, -0.05) is 0 Å². The van der Waals surface area contributed by atoms with Crippen LogP contribution in [0.5, 0.6) is 0 Å². The van der Waals surface area contributed by atoms with Crippen LogP contribution >= 0.6 is 11.3 Å². The molecule has 0 aromatic carbocycles. The molecule has 2 fully saturated rings. The molecule has 0 radical (unpaired) electrons. The van der Waals surface area contributed by atoms with E-state index in [0.29, 0.717) is 23.8 Å². The van der Waals surface area contributed by atoms with Gasteiger partial charge >= 0.3 is 0 Å². The van der Waals surface area contributed by atoms with Crippen molar-refractivity contribution in [1.29, 1.82) is 0 Å². The molecule has 2 aliphatic rings. The first kappa shape index (κ1) is 18.6. The van der Waals surface area contributed by atoms with Crippen LogP contribution in [-0.4, -0.2) is 62.0 Å². The minimum absolute atomic E-state index is 0.492. The lowest BCUT2D eigenvalue weighted by Crippen LogP contribution is -2.45. The molecule has 1 N–H and O–H groups in total. The maximum Gasteiger partial charge on any atom is 0.256 e. The minimum atomic E-state index is 0.492. The van der Waals surface area contributed by atoms with Crippen molar-refractivity contribution in [3.8, 4) is 10.9 Å². The second-order valence-corrected chi connectivity index (χ2v) is 9.32. The first-order valence-electron chi connectivity index (χ1n) is 10.3. The molecule has 31 heavy (non-hydrogen) atoms. The Labute approximate surface area is 183 Å². The van der Waals surface area contributed by atoms with Gasteiger partial charge in [-0.25, -0.2) is 19.9 Å². The number of hydrogen-bond acceptors (Lipinski definition) is 10. The average Bonchev–Trinajstić information content (AvgIpc) is 3.49. The molecule has 0 saturated carbocycles. The number of aryl methyl sites for hydroxylation is 2. The molecule has 0 unspecified atom stereocenters. The van der Waals surface area contributed by atoms with Gasteiger partial charge in [0.05, 0.1) is 16.4 Å². The highest BCUT2D eigenvalue weighted by Crippen LogP contribution is 2.33. The molecular weight excluding hydrogens is 412 g/mol. The number of nitrogens with one attached hydrogen (secondary N) is 1. The molecule has 2 aliphatic heterocycles. The second kappa shape index (κ2) is 6.96. The zero-order valence-corrected chi connectivity index (χ0v) is 18.3. The third-order valence-electron chi connectivity index (χ3n) is 5.95. The Kier molecular flexibility index (Phi) is 4.19. The number of aromatic nitrogens is 5. The van der Waals surface area contributed by atoms with Gasteiger partial charge in [0, 0.05) is 49.2 Å². The molecule has 2 atom stereocenters. The largest absolute Gasteiger partial charge is 0.440 e. The van der Waals surface area contributed by atoms with Gasteiger partial charge in [-0.2, -0.15) is 4.98 Å². The minimum Gasteiger partial charge on any atom is -0.440 e. The Hall–Kier alpha value is -3.11. The molecule has 6 heterocycles. The van der Waals surface area contributed by atoms with Crippen molar-refractivity contribution >= 4 is 39.1 Å². The highest BCUT2D eigenvalue weighted by atomic mass is 32.1. The SMILES string of the molecule is Cc1cc(Nc2cc3nc(-c4ncc(C)o4)sc3cn2)nc(N2C[C@@H]3C[C@H]2CN3C)n1. The number of oxazole rings is 1. The molecule has 0 spiro atoms. The Bertz CT molecular complexity index is 1280. The standard InChI is InChI=1S/C21H22N8OS/c1-11-4-18(27-21(24-11)29-10-13-5-14(29)9-28(13)3)26-17-6-15-16(8-22-17)31-20(25-15)19-23-7-12(2)30-19/h4,6-8,13-14H,5,9-10H2,1-3H3,(H,22,24,26,27)/t13-,14-/m0/s1. The zero-order valence-electron chi connectivity index (χ0n) is 17.5. The number of nitrogens with zero attached hydrogens (tertiary/aromatic N) is 7. The van der Waals surface area contributed by atoms with Gasteiger partial charge < -0.3 is 14.6 Å². The summed E-state index contributed by atoms with van der Waals surface area (Å²) in [6.45, 7) is 5.92. The van der Waals surface area contributed by atoms with Gasteiger partial charge in [0.15, 0.2) is 5.01 Å². The van der Waals surface area contributed by atoms with Crippen LogP contribution < -0.4 is 10.2 Å². The summed E-state index contributed by atoms with van der Waals surface area (Å²) < 4.78 is 6.58. The summed E-state index contributed by atoms with van der Waals surface area (Å²) in [5.74, 6) is 3.53. The molecular formula is C21H22N8OS. The van der Waals surface area contributed by atoms with Crippen molar-refractivity contribution in [1.82, 2.24) is 29.8 Å². The monoisotopic (exact) mass is 434 g/mol. The van der Waals surface area contributed by atoms with E-state index in [1.165, 1.54) is 17.8 Å². The number of hydrogen-bond donors (Lipinski definition) is 1. The number of anilines is 3. The van der Waals surface area contributed by atoms with Crippen LogP contribution in [0.15, 0.2) is 28.9 Å². The van der Waals surface area contributed by atoms with Crippen molar-refractivity contribution < 1.29 is 4.42 Å². The number of fused-ring (bicyclic) bond motifs is 3. The molecule has 4 aromatic heterocycles. The summed E-state index contributed by atoms with van der Waals surface area (Å²) in [5, 5.41) is 4.08. The lowest BCUT2D eigenvalue weighted by molar-refractivity contribution is 0.291. The van der Waals surface area contributed by atoms with Crippen molar-refractivity contribution in [2.45, 2.75) is 32.4 Å². The van der Waals surface area contributed by atoms with Gasteiger partial charge in [-0.05, 0) is 27.3 Å². The Morgan fingerprint density at radius 2 is 1.94 bits per heavy atom. The van der Waals surface area contributed by atoms with Crippen LogP contribution in [-0.2, 0) is 0 Å². The molecule has 0 amide bonds. The Morgan fingerprint density at radius 1 is 1.03 bits per heavy atom. The maximum atomic E-state index is 5.60. The lowest BCUT2D eigenvalue weighted by Gasteiger charge is -2.32. The third kappa shape index (κ3) is 3.31. The van der Waals surface area contributed by atoms with Crippen LogP contribution in [0.1, 0.15) is 17.9 Å². The van der Waals surface area contributed by atoms with E-state index < -0.39 is 0 Å². The van der Waals surface area contributed by atoms with E-state index in [1.807, 2.05) is 32.2 Å². The van der Waals surface area contributed by atoms with Crippen LogP contribution in [0.2, 0.25) is 0 Å². The highest BCUT2D eigenvalue weighted by Gasteiger charge is 2.42. The lowest BCUT2D eigenvalue weighted by atomic mass is 10.2. The molecule has 10 heteroatoms. The molecule has 4 aromatic rings. The topological polar surface area (TPSA) is 96.1 Å². The van der Waals surface area contributed by atoms with E-state index in [1.54, 1.807) is 6.20 Å². The van der Waals surface area contributed by atoms with Crippen LogP contribution in [0.4, 0.5) is 17.6 Å². The summed E-state index contributed by atoms with van der Waals surface area (Å²) in [6, 6.07) is 4.96. The maximum absolute atomic E-state index is 5.60. The summed E-state index contributed by atoms with van der Waals surface area (Å²) in [4.78, 5) is 27.7. The summed E-state index contributed by atoms with van der Waals surface area (Å²) in [5.41, 5.74) is 1.78. The van der Waals surface area contributed by atoms with Gasteiger partial charge in [0.2, 0.25) is 5.95 Å². The molecule has 158 valence electrons. The summed E-state index contributed by atoms with van der Waals surface area (Å²) >= 11 is 1.51. The Morgan fingerprint density at radius 3 is 2.68 bits per heavy atom. The molecule has 9 nitrogen and oxygen atoms in total. The molecule has 2 bridgehead atoms. The first-order valence-corrected chi connectivity index (χ1v) is 11.1. The van der Waals surface area contributed by atoms with E-state index in [2.05, 4.69) is 37.1 Å². The van der Waals surface area contributed by atoms with Gasteiger partial charge in [-0.3, -0.25) is 4.90 Å². The number of likely N-dealkylation sites (N-methyl/N-ethyl adjacent to an activating group) is 1. The smallest absolute Gasteiger partial charge is 0.256 e. The van der Waals surface area contributed by atoms with Crippen molar-refractivity contribution in [2.24, 2.45) is 0 Å². The number of rotatable bonds is 4. The number of likely N-dealkylation sites (tertiary alicyclic amines) is 1. The van der Waals surface area contributed by atoms with Crippen molar-refractivity contribution in [3.05, 3.63) is 36.0 Å². The fourth-order valence-corrected chi connectivity index (χ4v) is 5.28. The van der Waals surface area contributed by atoms with E-state index in [-0.39, 0.29) is 0 Å². The second-order valence-electron chi connectivity index (χ2n) is 8.29. The van der Waals surface area contributed by atoms with Crippen molar-refractivity contribution in [2.75, 3.05) is 30.4 Å². The number of thiazole rings is 1. The van der Waals surface area contributed by atoms with Gasteiger partial charge in [0.1, 0.15) is 17.4 Å². The predicted molar refractivity (Wildman–Crippen MR) is 120 cm³/mol. The zero-order chi connectivity index (χ0) is 21.1. The van der Waals surface area contributed by atoms with E-state index in [9.17, 15) is 0 Å². The van der Waals surface area contributed by atoms with Gasteiger partial charge in [0.25, 0.3) is 5.89 Å². The predicted octanol–water partition coefficient (Wildman–Crippen LogP) is 3.39. The average molecular weight is 435 g/mol. The van der Waals surface area contributed by atoms with E-state index >= 15 is 0 Å². The summed E-state index contributed by atoms with van der Waals surface area (Å²) in [7, 11) is 2.20. The fraction of sp³-hybridized carbons (Fsp3) is 0.381. The third-order valence-corrected chi connectivity index (χ3v) is 6.94. The van der Waals surface area contributed by atoms with Crippen LogP contribution in [0, 0.1) is 13.8 Å². The van der Waals surface area contributed by atoms with Crippen molar-refractivity contribution in [3.63, 3.8) is 0 Å². The summed E-state index contributed by atoms with van der Waals surface area (Å²) in [6.07, 6.45) is 4.70. The van der Waals surface area contributed by atoms with E-state index in [0.717, 1.165) is 51.5 Å². The number of pyridine rings is 1. The Balaban J connectivity index is 1.27. The van der Waals surface area contributed by atoms with E-state index in [4.69, 9.17) is 14.4 Å². The molecule has 2 saturated heterocycles. The molecule has 0 aliphatic carbocycles. The first-order chi connectivity index (χ1) is 15.0.